The predicted octanol–water partition coefficient (Wildman–Crippen LogP) is 3.89. The fraction of sp³-hybridized carbons (Fsp3) is 0.462. The number of rotatable bonds is 6. The monoisotopic (exact) mass is 359 g/mol. The summed E-state index contributed by atoms with van der Waals surface area (Å²) in [6.45, 7) is 3.96. The number of hydrogen-bond acceptors (Lipinski definition) is 5. The fourth-order valence-corrected chi connectivity index (χ4v) is 4.20. The van der Waals surface area contributed by atoms with Crippen LogP contribution < -0.4 is 10.2 Å². The molecule has 0 radical (unpaired) electrons. The van der Waals surface area contributed by atoms with Gasteiger partial charge in [0.05, 0.1) is 9.48 Å². The van der Waals surface area contributed by atoms with Gasteiger partial charge in [-0.25, -0.2) is 4.98 Å². The van der Waals surface area contributed by atoms with E-state index < -0.39 is 0 Å². The van der Waals surface area contributed by atoms with Crippen LogP contribution in [0.2, 0.25) is 0 Å². The number of thiophene rings is 1. The fourth-order valence-electron chi connectivity index (χ4n) is 1.88. The Bertz CT molecular complexity index is 536. The molecule has 2 aromatic heterocycles. The number of nitrogens with one attached hydrogen (secondary N) is 1. The molecule has 2 aromatic rings. The molecule has 0 aliphatic heterocycles. The maximum absolute atomic E-state index is 4.75. The van der Waals surface area contributed by atoms with Crippen molar-refractivity contribution in [2.45, 2.75) is 26.4 Å². The van der Waals surface area contributed by atoms with Gasteiger partial charge in [-0.2, -0.15) is 0 Å². The van der Waals surface area contributed by atoms with Crippen molar-refractivity contribution in [2.75, 3.05) is 19.0 Å². The van der Waals surface area contributed by atoms with Crippen LogP contribution >= 0.6 is 38.6 Å². The van der Waals surface area contributed by atoms with Crippen molar-refractivity contribution < 1.29 is 0 Å². The molecule has 0 spiro atoms. The first-order valence-corrected chi connectivity index (χ1v) is 8.70. The zero-order valence-electron chi connectivity index (χ0n) is 11.4. The molecule has 19 heavy (non-hydrogen) atoms. The van der Waals surface area contributed by atoms with Crippen LogP contribution in [0.3, 0.4) is 0 Å². The van der Waals surface area contributed by atoms with Gasteiger partial charge >= 0.3 is 0 Å². The van der Waals surface area contributed by atoms with Gasteiger partial charge in [0, 0.05) is 25.0 Å². The van der Waals surface area contributed by atoms with Crippen molar-refractivity contribution in [3.63, 3.8) is 0 Å². The first-order valence-electron chi connectivity index (χ1n) is 6.21. The van der Waals surface area contributed by atoms with Gasteiger partial charge in [-0.05, 0) is 46.4 Å². The largest absolute Gasteiger partial charge is 0.347 e. The van der Waals surface area contributed by atoms with Crippen LogP contribution in [-0.2, 0) is 19.5 Å². The Morgan fingerprint density at radius 1 is 1.47 bits per heavy atom. The summed E-state index contributed by atoms with van der Waals surface area (Å²) in [6, 6.07) is 2.17. The molecule has 0 atom stereocenters. The topological polar surface area (TPSA) is 28.2 Å². The first kappa shape index (κ1) is 15.0. The summed E-state index contributed by atoms with van der Waals surface area (Å²) >= 11 is 7.02. The van der Waals surface area contributed by atoms with Gasteiger partial charge < -0.3 is 10.2 Å². The smallest absolute Gasteiger partial charge is 0.185 e. The van der Waals surface area contributed by atoms with Crippen LogP contribution in [0, 0.1) is 0 Å². The van der Waals surface area contributed by atoms with Gasteiger partial charge in [-0.15, -0.1) is 22.7 Å². The molecule has 2 heterocycles. The van der Waals surface area contributed by atoms with E-state index in [1.807, 2.05) is 7.05 Å². The number of hydrogen-bond donors (Lipinski definition) is 1. The number of nitrogens with zero attached hydrogens (tertiary/aromatic N) is 2. The molecule has 0 saturated carbocycles. The van der Waals surface area contributed by atoms with E-state index in [1.54, 1.807) is 22.7 Å². The number of aryl methyl sites for hydroxylation is 1. The molecule has 0 aromatic carbocycles. The normalized spacial score (nSPS) is 10.9. The van der Waals surface area contributed by atoms with Crippen LogP contribution in [-0.4, -0.2) is 19.1 Å². The van der Waals surface area contributed by atoms with Crippen molar-refractivity contribution >= 4 is 43.7 Å². The van der Waals surface area contributed by atoms with E-state index in [1.165, 1.54) is 19.9 Å². The Kier molecular flexibility index (Phi) is 5.38. The highest BCUT2D eigenvalue weighted by molar-refractivity contribution is 9.11. The van der Waals surface area contributed by atoms with Crippen LogP contribution in [0.15, 0.2) is 15.2 Å². The molecule has 0 aliphatic carbocycles. The molecular weight excluding hydrogens is 342 g/mol. The van der Waals surface area contributed by atoms with Crippen molar-refractivity contribution in [1.82, 2.24) is 10.3 Å². The van der Waals surface area contributed by atoms with E-state index in [0.29, 0.717) is 0 Å². The van der Waals surface area contributed by atoms with Gasteiger partial charge in [0.25, 0.3) is 0 Å². The molecule has 104 valence electrons. The summed E-state index contributed by atoms with van der Waals surface area (Å²) in [5.74, 6) is 0. The number of thiazole rings is 1. The molecule has 2 rings (SSSR count). The van der Waals surface area contributed by atoms with Gasteiger partial charge in [0.15, 0.2) is 5.13 Å². The molecular formula is C13H18BrN3S2. The molecule has 0 fully saturated rings. The third-order valence-corrected chi connectivity index (χ3v) is 5.57. The molecule has 0 saturated heterocycles. The highest BCUT2D eigenvalue weighted by Crippen LogP contribution is 2.28. The summed E-state index contributed by atoms with van der Waals surface area (Å²) < 4.78 is 1.18. The highest BCUT2D eigenvalue weighted by atomic mass is 79.9. The second-order valence-corrected chi connectivity index (χ2v) is 7.72. The minimum Gasteiger partial charge on any atom is -0.347 e. The third kappa shape index (κ3) is 3.78. The Balaban J connectivity index is 2.12. The second-order valence-electron chi connectivity index (χ2n) is 4.37. The zero-order valence-corrected chi connectivity index (χ0v) is 14.6. The van der Waals surface area contributed by atoms with E-state index in [9.17, 15) is 0 Å². The Labute approximate surface area is 130 Å². The summed E-state index contributed by atoms with van der Waals surface area (Å²) in [5, 5.41) is 6.50. The first-order chi connectivity index (χ1) is 9.13. The average Bonchev–Trinajstić information content (AvgIpc) is 2.96. The van der Waals surface area contributed by atoms with E-state index in [-0.39, 0.29) is 0 Å². The maximum Gasteiger partial charge on any atom is 0.185 e. The average molecular weight is 360 g/mol. The zero-order chi connectivity index (χ0) is 13.8. The van der Waals surface area contributed by atoms with Crippen molar-refractivity contribution in [2.24, 2.45) is 0 Å². The highest BCUT2D eigenvalue weighted by Gasteiger charge is 2.13. The molecule has 3 nitrogen and oxygen atoms in total. The Morgan fingerprint density at radius 2 is 2.26 bits per heavy atom. The predicted molar refractivity (Wildman–Crippen MR) is 88.4 cm³/mol. The van der Waals surface area contributed by atoms with Crippen LogP contribution in [0.25, 0.3) is 0 Å². The lowest BCUT2D eigenvalue weighted by Crippen LogP contribution is -2.15. The van der Waals surface area contributed by atoms with Crippen molar-refractivity contribution in [3.05, 3.63) is 31.4 Å². The van der Waals surface area contributed by atoms with Gasteiger partial charge in [0.1, 0.15) is 0 Å². The van der Waals surface area contributed by atoms with Crippen LogP contribution in [0.5, 0.6) is 0 Å². The lowest BCUT2D eigenvalue weighted by Gasteiger charge is -2.14. The summed E-state index contributed by atoms with van der Waals surface area (Å²) in [6.07, 6.45) is 0.991. The molecule has 0 unspecified atom stereocenters. The van der Waals surface area contributed by atoms with E-state index >= 15 is 0 Å². The van der Waals surface area contributed by atoms with E-state index in [0.717, 1.165) is 24.6 Å². The van der Waals surface area contributed by atoms with Gasteiger partial charge in [0.2, 0.25) is 0 Å². The summed E-state index contributed by atoms with van der Waals surface area (Å²) in [5.41, 5.74) is 2.54. The number of halogens is 1. The van der Waals surface area contributed by atoms with E-state index in [4.69, 9.17) is 4.98 Å². The third-order valence-electron chi connectivity index (χ3n) is 2.81. The molecule has 1 N–H and O–H groups in total. The summed E-state index contributed by atoms with van der Waals surface area (Å²) in [7, 11) is 4.08. The van der Waals surface area contributed by atoms with Crippen LogP contribution in [0.1, 0.15) is 23.1 Å². The lowest BCUT2D eigenvalue weighted by atomic mass is 10.3. The maximum atomic E-state index is 4.75. The van der Waals surface area contributed by atoms with Crippen molar-refractivity contribution in [3.8, 4) is 0 Å². The molecule has 0 bridgehead atoms. The second kappa shape index (κ2) is 6.83. The number of aromatic nitrogens is 1. The minimum absolute atomic E-state index is 0.901. The number of anilines is 1. The SMILES string of the molecule is CCc1nc(N(C)Cc2csc(Br)c2)sc1CNC. The standard InChI is InChI=1S/C13H18BrN3S2/c1-4-10-11(6-15-2)19-13(16-10)17(3)7-9-5-12(14)18-8-9/h5,8,15H,4,6-7H2,1-3H3. The van der Waals surface area contributed by atoms with Gasteiger partial charge in [-0.1, -0.05) is 6.92 Å². The Hall–Kier alpha value is -0.430. The molecule has 0 amide bonds. The summed E-state index contributed by atoms with van der Waals surface area (Å²) in [4.78, 5) is 8.31. The quantitative estimate of drug-likeness (QED) is 0.847. The van der Waals surface area contributed by atoms with Crippen LogP contribution in [0.4, 0.5) is 5.13 Å². The van der Waals surface area contributed by atoms with Gasteiger partial charge in [-0.3, -0.25) is 0 Å². The molecule has 0 aliphatic rings. The Morgan fingerprint density at radius 3 is 2.84 bits per heavy atom. The van der Waals surface area contributed by atoms with Crippen molar-refractivity contribution in [1.29, 1.82) is 0 Å². The minimum atomic E-state index is 0.901. The molecule has 6 heteroatoms. The van der Waals surface area contributed by atoms with E-state index in [2.05, 4.69) is 51.6 Å². The lowest BCUT2D eigenvalue weighted by molar-refractivity contribution is 0.813.